The van der Waals surface area contributed by atoms with E-state index in [0.29, 0.717) is 17.0 Å². The van der Waals surface area contributed by atoms with Gasteiger partial charge < -0.3 is 4.57 Å². The fraction of sp³-hybridized carbons (Fsp3) is 0.122. The van der Waals surface area contributed by atoms with Crippen LogP contribution in [0.15, 0.2) is 121 Å². The van der Waals surface area contributed by atoms with Crippen molar-refractivity contribution in [3.8, 4) is 5.69 Å². The number of carbonyl (C=O) groups excluding carboxylic acids is 2. The van der Waals surface area contributed by atoms with Gasteiger partial charge in [-0.05, 0) is 106 Å². The summed E-state index contributed by atoms with van der Waals surface area (Å²) in [6.45, 7) is 4.50. The number of rotatable bonds is 5. The predicted octanol–water partition coefficient (Wildman–Crippen LogP) is 10.5. The van der Waals surface area contributed by atoms with Gasteiger partial charge in [-0.1, -0.05) is 80.6 Å². The van der Waals surface area contributed by atoms with Gasteiger partial charge in [-0.15, -0.1) is 0 Å². The van der Waals surface area contributed by atoms with E-state index < -0.39 is 0 Å². The minimum Gasteiger partial charge on any atom is -0.309 e. The second kappa shape index (κ2) is 10.2. The zero-order valence-electron chi connectivity index (χ0n) is 24.8. The second-order valence-electron chi connectivity index (χ2n) is 11.9. The summed E-state index contributed by atoms with van der Waals surface area (Å²) >= 11 is 0. The maximum absolute atomic E-state index is 13.5. The van der Waals surface area contributed by atoms with Crippen LogP contribution in [-0.4, -0.2) is 16.1 Å². The summed E-state index contributed by atoms with van der Waals surface area (Å²) in [5.74, 6) is 0.149. The topological polar surface area (TPSA) is 39.1 Å². The number of hydrogen-bond donors (Lipinski definition) is 0. The number of aromatic nitrogens is 1. The molecule has 0 aliphatic heterocycles. The normalized spacial score (nSPS) is 13.2. The van der Waals surface area contributed by atoms with Crippen LogP contribution in [0.2, 0.25) is 0 Å². The molecule has 0 fully saturated rings. The maximum Gasteiger partial charge on any atom is 0.197 e. The van der Waals surface area contributed by atoms with E-state index in [4.69, 9.17) is 0 Å². The van der Waals surface area contributed by atoms with Crippen LogP contribution in [0.25, 0.3) is 55.1 Å². The molecule has 1 aliphatic carbocycles. The summed E-state index contributed by atoms with van der Waals surface area (Å²) < 4.78 is 2.33. The first kappa shape index (κ1) is 26.4. The van der Waals surface area contributed by atoms with E-state index in [9.17, 15) is 9.59 Å². The smallest absolute Gasteiger partial charge is 0.197 e. The Balaban J connectivity index is 1.30. The molecule has 1 aromatic heterocycles. The molecule has 0 saturated heterocycles. The number of fused-ring (bicyclic) bond motifs is 6. The molecule has 1 aliphatic rings. The van der Waals surface area contributed by atoms with Crippen LogP contribution in [0.3, 0.4) is 0 Å². The van der Waals surface area contributed by atoms with Crippen LogP contribution in [0.5, 0.6) is 0 Å². The van der Waals surface area contributed by atoms with Crippen LogP contribution >= 0.6 is 0 Å². The molecule has 3 nitrogen and oxygen atoms in total. The Bertz CT molecular complexity index is 2280. The van der Waals surface area contributed by atoms with Crippen molar-refractivity contribution >= 4 is 61.0 Å². The molecule has 0 unspecified atom stereocenters. The fourth-order valence-electron chi connectivity index (χ4n) is 7.05. The van der Waals surface area contributed by atoms with E-state index in [-0.39, 0.29) is 17.1 Å². The molecule has 212 valence electrons. The predicted molar refractivity (Wildman–Crippen MR) is 182 cm³/mol. The minimum atomic E-state index is -0.207. The summed E-state index contributed by atoms with van der Waals surface area (Å²) in [6, 6.07) is 39.8. The molecule has 7 aromatic rings. The first-order valence-corrected chi connectivity index (χ1v) is 15.4. The number of hydrogen-bond acceptors (Lipinski definition) is 2. The quantitative estimate of drug-likeness (QED) is 0.153. The Morgan fingerprint density at radius 2 is 1.14 bits per heavy atom. The van der Waals surface area contributed by atoms with E-state index in [1.54, 1.807) is 6.08 Å². The lowest BCUT2D eigenvalue weighted by Crippen LogP contribution is -2.00. The van der Waals surface area contributed by atoms with Crippen molar-refractivity contribution in [1.82, 2.24) is 4.57 Å². The van der Waals surface area contributed by atoms with Crippen molar-refractivity contribution in [2.45, 2.75) is 32.6 Å². The Morgan fingerprint density at radius 1 is 0.591 bits per heavy atom. The van der Waals surface area contributed by atoms with E-state index in [2.05, 4.69) is 91.2 Å². The van der Waals surface area contributed by atoms with E-state index >= 15 is 0 Å². The Kier molecular flexibility index (Phi) is 6.09. The Morgan fingerprint density at radius 3 is 1.73 bits per heavy atom. The molecule has 44 heavy (non-hydrogen) atoms. The Hall–Kier alpha value is -5.28. The van der Waals surface area contributed by atoms with Crippen LogP contribution in [0.1, 0.15) is 64.4 Å². The van der Waals surface area contributed by atoms with Gasteiger partial charge >= 0.3 is 0 Å². The molecule has 0 saturated carbocycles. The zero-order valence-corrected chi connectivity index (χ0v) is 24.8. The number of nitrogens with zero attached hydrogens (tertiary/aromatic N) is 1. The average molecular weight is 570 g/mol. The zero-order chi connectivity index (χ0) is 29.9. The number of benzene rings is 6. The fourth-order valence-corrected chi connectivity index (χ4v) is 7.05. The summed E-state index contributed by atoms with van der Waals surface area (Å²) in [6.07, 6.45) is 4.02. The van der Waals surface area contributed by atoms with Gasteiger partial charge in [0.25, 0.3) is 0 Å². The third-order valence-corrected chi connectivity index (χ3v) is 9.44. The average Bonchev–Trinajstić information content (AvgIpc) is 3.49. The van der Waals surface area contributed by atoms with Crippen LogP contribution in [0.4, 0.5) is 0 Å². The van der Waals surface area contributed by atoms with E-state index in [0.717, 1.165) is 56.7 Å². The van der Waals surface area contributed by atoms with Crippen molar-refractivity contribution < 1.29 is 9.59 Å². The van der Waals surface area contributed by atoms with Gasteiger partial charge in [0, 0.05) is 27.6 Å². The van der Waals surface area contributed by atoms with Crippen molar-refractivity contribution in [2.75, 3.05) is 0 Å². The van der Waals surface area contributed by atoms with E-state index in [1.807, 2.05) is 42.5 Å². The van der Waals surface area contributed by atoms with E-state index in [1.165, 1.54) is 16.3 Å². The lowest BCUT2D eigenvalue weighted by Gasteiger charge is -2.14. The first-order chi connectivity index (χ1) is 21.5. The van der Waals surface area contributed by atoms with Crippen molar-refractivity contribution in [2.24, 2.45) is 0 Å². The van der Waals surface area contributed by atoms with Gasteiger partial charge in [0.2, 0.25) is 0 Å². The van der Waals surface area contributed by atoms with Crippen molar-refractivity contribution in [3.05, 3.63) is 143 Å². The number of Topliss-reactive ketones (excluding diaryl/α,β-unsaturated/α-hetero) is 2. The molecule has 0 amide bonds. The number of allylic oxidation sites excluding steroid dienone is 1. The van der Waals surface area contributed by atoms with Gasteiger partial charge in [-0.25, -0.2) is 0 Å². The van der Waals surface area contributed by atoms with Gasteiger partial charge in [0.15, 0.2) is 11.6 Å². The lowest BCUT2D eigenvalue weighted by molar-refractivity contribution is 0.0990. The number of ketones is 2. The van der Waals surface area contributed by atoms with Crippen LogP contribution in [0, 0.1) is 0 Å². The summed E-state index contributed by atoms with van der Waals surface area (Å²) in [5, 5.41) is 6.51. The number of carbonyl (C=O) groups is 2. The Labute approximate surface area is 256 Å². The highest BCUT2D eigenvalue weighted by Gasteiger charge is 2.33. The molecular weight excluding hydrogens is 538 g/mol. The molecule has 3 heteroatoms. The third-order valence-electron chi connectivity index (χ3n) is 9.44. The molecule has 8 rings (SSSR count). The van der Waals surface area contributed by atoms with Crippen LogP contribution in [-0.2, 0) is 0 Å². The molecule has 6 aromatic carbocycles. The lowest BCUT2D eigenvalue weighted by atomic mass is 9.94. The van der Waals surface area contributed by atoms with Crippen LogP contribution < -0.4 is 0 Å². The highest BCUT2D eigenvalue weighted by atomic mass is 16.2. The minimum absolute atomic E-state index is 0.207. The van der Waals surface area contributed by atoms with Crippen molar-refractivity contribution in [3.63, 3.8) is 0 Å². The molecule has 0 radical (unpaired) electrons. The van der Waals surface area contributed by atoms with Crippen molar-refractivity contribution in [1.29, 1.82) is 0 Å². The second-order valence-corrected chi connectivity index (χ2v) is 11.9. The van der Waals surface area contributed by atoms with Gasteiger partial charge in [-0.3, -0.25) is 9.59 Å². The third kappa shape index (κ3) is 4.04. The monoisotopic (exact) mass is 569 g/mol. The highest BCUT2D eigenvalue weighted by molar-refractivity contribution is 6.42. The van der Waals surface area contributed by atoms with Gasteiger partial charge in [0.05, 0.1) is 16.6 Å². The molecule has 1 heterocycles. The molecule has 0 bridgehead atoms. The first-order valence-electron chi connectivity index (χ1n) is 15.4. The molecule has 0 N–H and O–H groups in total. The summed E-state index contributed by atoms with van der Waals surface area (Å²) in [5.41, 5.74) is 6.74. The van der Waals surface area contributed by atoms with Gasteiger partial charge in [-0.2, -0.15) is 0 Å². The summed E-state index contributed by atoms with van der Waals surface area (Å²) in [4.78, 5) is 27.0. The SMILES string of the molecule is CCC(CC)c1ccc(-n2c3ccc(C=C4C(=O)c5cc6ccccc6cc5C4=O)cc3c3cc4ccccc4cc32)cc1. The standard InChI is InChI=1S/C41H31NO2/c1-3-26(4-2)27-14-16-32(17-15-27)42-38-18-13-25(19-33(38)34-21-28-9-7-8-12-31(28)24-39(34)42)20-37-40(43)35-22-29-10-5-6-11-30(29)23-36(35)41(37)44/h5-24,26H,3-4H2,1-2H3. The molecular formula is C41H31NO2. The highest BCUT2D eigenvalue weighted by Crippen LogP contribution is 2.37. The summed E-state index contributed by atoms with van der Waals surface area (Å²) in [7, 11) is 0. The molecule has 0 atom stereocenters. The molecule has 0 spiro atoms. The maximum atomic E-state index is 13.5. The largest absolute Gasteiger partial charge is 0.309 e. The van der Waals surface area contributed by atoms with Gasteiger partial charge in [0.1, 0.15) is 0 Å².